The zero-order valence-electron chi connectivity index (χ0n) is 17.4. The molecule has 8 nitrogen and oxygen atoms in total. The Bertz CT molecular complexity index is 901. The van der Waals surface area contributed by atoms with Crippen LogP contribution >= 0.6 is 0 Å². The molecule has 2 fully saturated rings. The van der Waals surface area contributed by atoms with Crippen LogP contribution in [0.3, 0.4) is 0 Å². The van der Waals surface area contributed by atoms with Gasteiger partial charge in [0.2, 0.25) is 5.95 Å². The second kappa shape index (κ2) is 8.46. The van der Waals surface area contributed by atoms with Crippen LogP contribution in [0.4, 0.5) is 30.8 Å². The molecule has 2 aliphatic rings. The molecule has 4 heterocycles. The summed E-state index contributed by atoms with van der Waals surface area (Å²) in [6.07, 6.45) is -3.48. The Morgan fingerprint density at radius 1 is 1.00 bits per heavy atom. The first-order chi connectivity index (χ1) is 14.7. The van der Waals surface area contributed by atoms with Crippen LogP contribution in [0, 0.1) is 0 Å². The number of halogens is 3. The van der Waals surface area contributed by atoms with Crippen LogP contribution in [0.2, 0.25) is 0 Å². The number of ether oxygens (including phenoxy) is 2. The minimum Gasteiger partial charge on any atom is -0.384 e. The van der Waals surface area contributed by atoms with E-state index in [0.29, 0.717) is 51.3 Å². The Morgan fingerprint density at radius 2 is 1.65 bits per heavy atom. The molecule has 4 rings (SSSR count). The Morgan fingerprint density at radius 3 is 2.26 bits per heavy atom. The molecule has 0 unspecified atom stereocenters. The normalized spacial score (nSPS) is 22.6. The molecule has 2 atom stereocenters. The number of nitrogens with two attached hydrogens (primary N) is 1. The van der Waals surface area contributed by atoms with Crippen molar-refractivity contribution in [3.8, 4) is 11.3 Å². The van der Waals surface area contributed by atoms with E-state index >= 15 is 0 Å². The van der Waals surface area contributed by atoms with Crippen molar-refractivity contribution >= 4 is 17.6 Å². The molecule has 11 heteroatoms. The van der Waals surface area contributed by atoms with Gasteiger partial charge in [0, 0.05) is 30.9 Å². The van der Waals surface area contributed by atoms with Crippen LogP contribution in [0.15, 0.2) is 18.3 Å². The fourth-order valence-corrected chi connectivity index (χ4v) is 3.84. The fraction of sp³-hybridized carbons (Fsp3) is 0.550. The predicted octanol–water partition coefficient (Wildman–Crippen LogP) is 2.59. The maximum absolute atomic E-state index is 13.8. The van der Waals surface area contributed by atoms with Gasteiger partial charge in [-0.25, -0.2) is 9.97 Å². The van der Waals surface area contributed by atoms with Crippen LogP contribution in [0.5, 0.6) is 0 Å². The van der Waals surface area contributed by atoms with Gasteiger partial charge in [-0.2, -0.15) is 18.2 Å². The van der Waals surface area contributed by atoms with Gasteiger partial charge in [-0.15, -0.1) is 0 Å². The summed E-state index contributed by atoms with van der Waals surface area (Å²) < 4.78 is 52.3. The molecule has 31 heavy (non-hydrogen) atoms. The van der Waals surface area contributed by atoms with E-state index in [1.807, 2.05) is 23.6 Å². The lowest BCUT2D eigenvalue weighted by Crippen LogP contribution is -2.46. The van der Waals surface area contributed by atoms with E-state index in [4.69, 9.17) is 20.2 Å². The Balaban J connectivity index is 1.86. The van der Waals surface area contributed by atoms with Crippen LogP contribution in [-0.2, 0) is 15.7 Å². The number of morpholine rings is 2. The highest BCUT2D eigenvalue weighted by atomic mass is 19.4. The Labute approximate surface area is 178 Å². The maximum atomic E-state index is 13.8. The number of alkyl halides is 3. The molecule has 2 aromatic rings. The molecule has 0 spiro atoms. The molecular weight excluding hydrogens is 413 g/mol. The highest BCUT2D eigenvalue weighted by Gasteiger charge is 2.35. The molecule has 2 aromatic heterocycles. The van der Waals surface area contributed by atoms with Crippen LogP contribution < -0.4 is 15.5 Å². The van der Waals surface area contributed by atoms with Crippen molar-refractivity contribution < 1.29 is 22.6 Å². The number of pyridine rings is 1. The molecule has 2 N–H and O–H groups in total. The van der Waals surface area contributed by atoms with E-state index in [1.165, 1.54) is 0 Å². The second-order valence-electron chi connectivity index (χ2n) is 7.80. The zero-order chi connectivity index (χ0) is 22.2. The van der Waals surface area contributed by atoms with E-state index < -0.39 is 11.7 Å². The molecular formula is C20H25F3N6O2. The maximum Gasteiger partial charge on any atom is 0.417 e. The second-order valence-corrected chi connectivity index (χ2v) is 7.80. The van der Waals surface area contributed by atoms with E-state index in [-0.39, 0.29) is 29.2 Å². The third-order valence-electron chi connectivity index (χ3n) is 5.49. The molecule has 0 radical (unpaired) electrons. The molecule has 2 aliphatic heterocycles. The third-order valence-corrected chi connectivity index (χ3v) is 5.49. The first-order valence-corrected chi connectivity index (χ1v) is 10.1. The van der Waals surface area contributed by atoms with Crippen molar-refractivity contribution in [1.29, 1.82) is 0 Å². The standard InChI is InChI=1S/C20H25F3N6O2/c1-12-10-30-5-3-28(12)18-8-16(14-9-25-17(24)7-15(14)20(21,22)23)26-19(27-18)29-4-6-31-11-13(29)2/h7-9,12-13H,3-6,10-11H2,1-2H3,(H2,24,25)/t12-,13-/m0/s1. The van der Waals surface area contributed by atoms with Gasteiger partial charge in [-0.05, 0) is 19.9 Å². The number of aromatic nitrogens is 3. The highest BCUT2D eigenvalue weighted by molar-refractivity contribution is 5.69. The highest BCUT2D eigenvalue weighted by Crippen LogP contribution is 2.38. The van der Waals surface area contributed by atoms with E-state index in [0.717, 1.165) is 12.3 Å². The first-order valence-electron chi connectivity index (χ1n) is 10.1. The van der Waals surface area contributed by atoms with Crippen molar-refractivity contribution in [3.63, 3.8) is 0 Å². The zero-order valence-corrected chi connectivity index (χ0v) is 17.4. The summed E-state index contributed by atoms with van der Waals surface area (Å²) in [6, 6.07) is 2.44. The molecule has 0 saturated carbocycles. The van der Waals surface area contributed by atoms with E-state index in [1.54, 1.807) is 6.07 Å². The first kappa shape index (κ1) is 21.6. The van der Waals surface area contributed by atoms with Gasteiger partial charge < -0.3 is 25.0 Å². The predicted molar refractivity (Wildman–Crippen MR) is 110 cm³/mol. The molecule has 0 bridgehead atoms. The van der Waals surface area contributed by atoms with Gasteiger partial charge in [0.05, 0.1) is 49.8 Å². The largest absolute Gasteiger partial charge is 0.417 e. The quantitative estimate of drug-likeness (QED) is 0.782. The lowest BCUT2D eigenvalue weighted by Gasteiger charge is -2.37. The summed E-state index contributed by atoms with van der Waals surface area (Å²) in [4.78, 5) is 17.1. The topological polar surface area (TPSA) is 89.6 Å². The van der Waals surface area contributed by atoms with Crippen molar-refractivity contribution in [1.82, 2.24) is 15.0 Å². The lowest BCUT2D eigenvalue weighted by atomic mass is 10.1. The molecule has 0 aromatic carbocycles. The SMILES string of the molecule is C[C@H]1COCCN1c1cc(-c2cnc(N)cc2C(F)(F)F)nc(N2CCOC[C@@H]2C)n1. The minimum absolute atomic E-state index is 0.00871. The summed E-state index contributed by atoms with van der Waals surface area (Å²) in [7, 11) is 0. The van der Waals surface area contributed by atoms with Gasteiger partial charge in [0.1, 0.15) is 11.6 Å². The summed E-state index contributed by atoms with van der Waals surface area (Å²) in [5, 5.41) is 0. The number of nitrogens with zero attached hydrogens (tertiary/aromatic N) is 5. The number of hydrogen-bond donors (Lipinski definition) is 1. The monoisotopic (exact) mass is 438 g/mol. The summed E-state index contributed by atoms with van der Waals surface area (Å²) >= 11 is 0. The van der Waals surface area contributed by atoms with Crippen LogP contribution in [0.1, 0.15) is 19.4 Å². The summed E-state index contributed by atoms with van der Waals surface area (Å²) in [6.45, 7) is 7.12. The summed E-state index contributed by atoms with van der Waals surface area (Å²) in [5.74, 6) is 0.723. The summed E-state index contributed by atoms with van der Waals surface area (Å²) in [5.41, 5.74) is 4.69. The van der Waals surface area contributed by atoms with Crippen molar-refractivity contribution in [2.45, 2.75) is 32.1 Å². The lowest BCUT2D eigenvalue weighted by molar-refractivity contribution is -0.137. The fourth-order valence-electron chi connectivity index (χ4n) is 3.84. The van der Waals surface area contributed by atoms with Crippen LogP contribution in [-0.4, -0.2) is 66.6 Å². The van der Waals surface area contributed by atoms with Gasteiger partial charge in [0.15, 0.2) is 0 Å². The Hall–Kier alpha value is -2.66. The number of hydrogen-bond acceptors (Lipinski definition) is 8. The molecule has 0 amide bonds. The average molecular weight is 438 g/mol. The average Bonchev–Trinajstić information content (AvgIpc) is 2.73. The smallest absolute Gasteiger partial charge is 0.384 e. The van der Waals surface area contributed by atoms with E-state index in [9.17, 15) is 13.2 Å². The number of rotatable bonds is 3. The van der Waals surface area contributed by atoms with Gasteiger partial charge in [-0.1, -0.05) is 0 Å². The molecule has 168 valence electrons. The molecule has 0 aliphatic carbocycles. The van der Waals surface area contributed by atoms with Crippen molar-refractivity contribution in [2.75, 3.05) is 55.1 Å². The van der Waals surface area contributed by atoms with Crippen molar-refractivity contribution in [2.24, 2.45) is 0 Å². The molecule has 2 saturated heterocycles. The number of anilines is 3. The minimum atomic E-state index is -4.60. The Kier molecular flexibility index (Phi) is 5.89. The van der Waals surface area contributed by atoms with E-state index in [2.05, 4.69) is 9.97 Å². The van der Waals surface area contributed by atoms with Gasteiger partial charge in [-0.3, -0.25) is 0 Å². The van der Waals surface area contributed by atoms with Gasteiger partial charge >= 0.3 is 6.18 Å². The van der Waals surface area contributed by atoms with Gasteiger partial charge in [0.25, 0.3) is 0 Å². The number of nitrogen functional groups attached to an aromatic ring is 1. The third kappa shape index (κ3) is 4.52. The van der Waals surface area contributed by atoms with Crippen molar-refractivity contribution in [3.05, 3.63) is 23.9 Å². The van der Waals surface area contributed by atoms with Crippen LogP contribution in [0.25, 0.3) is 11.3 Å².